The topological polar surface area (TPSA) is 50.2 Å². The smallest absolute Gasteiger partial charge is 0.257 e. The normalized spacial score (nSPS) is 22.8. The first-order valence-corrected chi connectivity index (χ1v) is 8.84. The number of rotatable bonds is 2. The molecule has 2 unspecified atom stereocenters. The number of benzene rings is 1. The number of carbonyl (C=O) groups is 1. The van der Waals surface area contributed by atoms with E-state index in [1.54, 1.807) is 10.9 Å². The van der Waals surface area contributed by atoms with Crippen LogP contribution in [0.15, 0.2) is 41.1 Å². The zero-order valence-electron chi connectivity index (χ0n) is 13.2. The van der Waals surface area contributed by atoms with Crippen molar-refractivity contribution in [2.75, 3.05) is 13.1 Å². The Kier molecular flexibility index (Phi) is 5.27. The molecule has 4 rings (SSSR count). The van der Waals surface area contributed by atoms with Crippen molar-refractivity contribution in [3.8, 4) is 5.69 Å². The molecule has 1 aromatic heterocycles. The molecule has 2 aliphatic heterocycles. The minimum atomic E-state index is 0. The fraction of sp³-hybridized carbons (Fsp3) is 0.412. The Morgan fingerprint density at radius 3 is 2.92 bits per heavy atom. The summed E-state index contributed by atoms with van der Waals surface area (Å²) in [5, 5.41) is 7.95. The molecule has 0 radical (unpaired) electrons. The van der Waals surface area contributed by atoms with E-state index >= 15 is 0 Å². The fourth-order valence-corrected chi connectivity index (χ4v) is 3.89. The number of aromatic nitrogens is 2. The molecule has 1 N–H and O–H groups in total. The van der Waals surface area contributed by atoms with E-state index in [1.807, 2.05) is 35.4 Å². The van der Waals surface area contributed by atoms with Crippen molar-refractivity contribution >= 4 is 34.2 Å². The molecule has 3 heterocycles. The Labute approximate surface area is 155 Å². The van der Waals surface area contributed by atoms with Crippen molar-refractivity contribution < 1.29 is 4.79 Å². The van der Waals surface area contributed by atoms with Gasteiger partial charge in [-0.3, -0.25) is 4.79 Å². The number of nitrogens with one attached hydrogen (secondary N) is 1. The van der Waals surface area contributed by atoms with Crippen LogP contribution in [0.1, 0.15) is 29.6 Å². The number of hydrogen-bond acceptors (Lipinski definition) is 3. The van der Waals surface area contributed by atoms with Gasteiger partial charge in [-0.2, -0.15) is 5.10 Å². The van der Waals surface area contributed by atoms with Gasteiger partial charge in [0.1, 0.15) is 0 Å². The van der Waals surface area contributed by atoms with Gasteiger partial charge >= 0.3 is 0 Å². The predicted molar refractivity (Wildman–Crippen MR) is 99.0 cm³/mol. The summed E-state index contributed by atoms with van der Waals surface area (Å²) in [6.45, 7) is 1.63. The number of likely N-dealkylation sites (tertiary alicyclic amines) is 1. The minimum absolute atomic E-state index is 0. The highest BCUT2D eigenvalue weighted by atomic mass is 79.9. The average Bonchev–Trinajstić information content (AvgIpc) is 3.13. The Morgan fingerprint density at radius 2 is 2.08 bits per heavy atom. The molecule has 2 atom stereocenters. The summed E-state index contributed by atoms with van der Waals surface area (Å²) in [6.07, 6.45) is 6.95. The van der Waals surface area contributed by atoms with Crippen LogP contribution in [-0.4, -0.2) is 45.8 Å². The fourth-order valence-electron chi connectivity index (χ4n) is 3.50. The van der Waals surface area contributed by atoms with Gasteiger partial charge in [0.2, 0.25) is 0 Å². The molecule has 2 aliphatic rings. The van der Waals surface area contributed by atoms with Gasteiger partial charge in [0, 0.05) is 35.8 Å². The second-order valence-electron chi connectivity index (χ2n) is 6.33. The lowest BCUT2D eigenvalue weighted by molar-refractivity contribution is 0.0748. The van der Waals surface area contributed by atoms with Gasteiger partial charge in [-0.25, -0.2) is 4.68 Å². The average molecular weight is 412 g/mol. The maximum absolute atomic E-state index is 12.8. The van der Waals surface area contributed by atoms with Crippen molar-refractivity contribution in [2.24, 2.45) is 0 Å². The molecule has 5 nitrogen and oxygen atoms in total. The molecule has 2 aromatic rings. The highest BCUT2D eigenvalue weighted by molar-refractivity contribution is 9.10. The Balaban J connectivity index is 0.00000169. The number of hydrogen-bond donors (Lipinski definition) is 1. The third-order valence-corrected chi connectivity index (χ3v) is 5.21. The predicted octanol–water partition coefficient (Wildman–Crippen LogP) is 3.02. The van der Waals surface area contributed by atoms with Crippen LogP contribution in [0.5, 0.6) is 0 Å². The summed E-state index contributed by atoms with van der Waals surface area (Å²) in [5.74, 6) is 0.0839. The zero-order chi connectivity index (χ0) is 15.8. The molecule has 2 saturated heterocycles. The molecule has 2 bridgehead atoms. The number of halogens is 2. The van der Waals surface area contributed by atoms with E-state index < -0.39 is 0 Å². The third kappa shape index (κ3) is 3.50. The standard InChI is InChI=1S/C17H19BrN4O.ClH/c18-13-2-1-3-16(8-13)22-10-12(9-19-22)17(23)21-7-6-14-4-5-15(11-21)20-14;/h1-3,8-10,14-15,20H,4-7,11H2;1H. The van der Waals surface area contributed by atoms with Crippen LogP contribution in [0.3, 0.4) is 0 Å². The molecule has 0 saturated carbocycles. The minimum Gasteiger partial charge on any atom is -0.337 e. The first-order valence-electron chi connectivity index (χ1n) is 8.05. The summed E-state index contributed by atoms with van der Waals surface area (Å²) >= 11 is 3.46. The van der Waals surface area contributed by atoms with E-state index in [-0.39, 0.29) is 18.3 Å². The summed E-state index contributed by atoms with van der Waals surface area (Å²) in [5.41, 5.74) is 1.60. The molecular formula is C17H20BrClN4O. The highest BCUT2D eigenvalue weighted by Crippen LogP contribution is 2.22. The van der Waals surface area contributed by atoms with Gasteiger partial charge in [-0.15, -0.1) is 12.4 Å². The van der Waals surface area contributed by atoms with Crippen molar-refractivity contribution in [1.29, 1.82) is 0 Å². The van der Waals surface area contributed by atoms with E-state index in [0.717, 1.165) is 29.7 Å². The molecule has 24 heavy (non-hydrogen) atoms. The Morgan fingerprint density at radius 1 is 1.25 bits per heavy atom. The van der Waals surface area contributed by atoms with Crippen LogP contribution in [0.2, 0.25) is 0 Å². The van der Waals surface area contributed by atoms with Crippen LogP contribution >= 0.6 is 28.3 Å². The van der Waals surface area contributed by atoms with E-state index in [1.165, 1.54) is 12.8 Å². The maximum atomic E-state index is 12.8. The van der Waals surface area contributed by atoms with Gasteiger partial charge in [-0.1, -0.05) is 22.0 Å². The molecule has 1 amide bonds. The largest absolute Gasteiger partial charge is 0.337 e. The van der Waals surface area contributed by atoms with Crippen LogP contribution in [0.25, 0.3) is 5.69 Å². The molecule has 128 valence electrons. The summed E-state index contributed by atoms with van der Waals surface area (Å²) in [6, 6.07) is 8.92. The quantitative estimate of drug-likeness (QED) is 0.826. The summed E-state index contributed by atoms with van der Waals surface area (Å²) in [7, 11) is 0. The third-order valence-electron chi connectivity index (χ3n) is 4.71. The van der Waals surface area contributed by atoms with E-state index in [4.69, 9.17) is 0 Å². The lowest BCUT2D eigenvalue weighted by Gasteiger charge is -2.23. The lowest BCUT2D eigenvalue weighted by atomic mass is 10.1. The van der Waals surface area contributed by atoms with Gasteiger partial charge in [0.05, 0.1) is 17.4 Å². The number of carbonyl (C=O) groups excluding carboxylic acids is 1. The lowest BCUT2D eigenvalue weighted by Crippen LogP contribution is -2.38. The first kappa shape index (κ1) is 17.5. The van der Waals surface area contributed by atoms with Crippen LogP contribution in [0, 0.1) is 0 Å². The number of amides is 1. The monoisotopic (exact) mass is 410 g/mol. The molecule has 2 fully saturated rings. The number of fused-ring (bicyclic) bond motifs is 2. The molecule has 7 heteroatoms. The first-order chi connectivity index (χ1) is 11.2. The Hall–Kier alpha value is -1.37. The SMILES string of the molecule is Cl.O=C(c1cnn(-c2cccc(Br)c2)c1)N1CCC2CCC(C1)N2. The molecule has 1 aromatic carbocycles. The maximum Gasteiger partial charge on any atom is 0.257 e. The van der Waals surface area contributed by atoms with Gasteiger partial charge in [0.15, 0.2) is 0 Å². The van der Waals surface area contributed by atoms with Crippen LogP contribution < -0.4 is 5.32 Å². The molecule has 0 aliphatic carbocycles. The zero-order valence-corrected chi connectivity index (χ0v) is 15.6. The second-order valence-corrected chi connectivity index (χ2v) is 7.25. The van der Waals surface area contributed by atoms with Crippen molar-refractivity contribution in [3.05, 3.63) is 46.7 Å². The van der Waals surface area contributed by atoms with Gasteiger partial charge < -0.3 is 10.2 Å². The summed E-state index contributed by atoms with van der Waals surface area (Å²) < 4.78 is 2.74. The van der Waals surface area contributed by atoms with Gasteiger partial charge in [-0.05, 0) is 37.5 Å². The van der Waals surface area contributed by atoms with Crippen molar-refractivity contribution in [2.45, 2.75) is 31.3 Å². The van der Waals surface area contributed by atoms with Crippen LogP contribution in [-0.2, 0) is 0 Å². The van der Waals surface area contributed by atoms with E-state index in [2.05, 4.69) is 26.3 Å². The van der Waals surface area contributed by atoms with Crippen LogP contribution in [0.4, 0.5) is 0 Å². The molecule has 0 spiro atoms. The van der Waals surface area contributed by atoms with Gasteiger partial charge in [0.25, 0.3) is 5.91 Å². The summed E-state index contributed by atoms with van der Waals surface area (Å²) in [4.78, 5) is 14.7. The van der Waals surface area contributed by atoms with E-state index in [9.17, 15) is 4.79 Å². The molecular weight excluding hydrogens is 392 g/mol. The van der Waals surface area contributed by atoms with Crippen molar-refractivity contribution in [3.63, 3.8) is 0 Å². The highest BCUT2D eigenvalue weighted by Gasteiger charge is 2.31. The second kappa shape index (κ2) is 7.25. The van der Waals surface area contributed by atoms with Crippen molar-refractivity contribution in [1.82, 2.24) is 20.0 Å². The number of nitrogens with zero attached hydrogens (tertiary/aromatic N) is 3. The Bertz CT molecular complexity index is 735. The van der Waals surface area contributed by atoms with E-state index in [0.29, 0.717) is 17.6 Å².